The van der Waals surface area contributed by atoms with Crippen LogP contribution in [0.1, 0.15) is 57.8 Å². The minimum atomic E-state index is 0.390. The molecule has 3 nitrogen and oxygen atoms in total. The van der Waals surface area contributed by atoms with E-state index in [4.69, 9.17) is 11.6 Å². The van der Waals surface area contributed by atoms with Crippen molar-refractivity contribution in [2.24, 2.45) is 5.92 Å². The van der Waals surface area contributed by atoms with E-state index in [1.807, 2.05) is 0 Å². The van der Waals surface area contributed by atoms with E-state index in [-0.39, 0.29) is 0 Å². The van der Waals surface area contributed by atoms with E-state index < -0.39 is 0 Å². The average Bonchev–Trinajstić information content (AvgIpc) is 2.71. The molecule has 1 aliphatic rings. The Morgan fingerprint density at radius 3 is 2.60 bits per heavy atom. The van der Waals surface area contributed by atoms with Crippen LogP contribution >= 0.6 is 11.6 Å². The zero-order chi connectivity index (χ0) is 11.0. The smallest absolute Gasteiger partial charge is 0.225 e. The highest BCUT2D eigenvalue weighted by atomic mass is 35.5. The molecule has 0 aliphatic heterocycles. The zero-order valence-corrected chi connectivity index (χ0v) is 10.3. The highest BCUT2D eigenvalue weighted by Gasteiger charge is 2.27. The molecule has 1 aliphatic carbocycles. The Morgan fingerprint density at radius 2 is 2.07 bits per heavy atom. The number of halogens is 1. The summed E-state index contributed by atoms with van der Waals surface area (Å²) >= 11 is 6.11. The zero-order valence-electron chi connectivity index (χ0n) is 9.57. The van der Waals surface area contributed by atoms with Crippen LogP contribution in [0.4, 0.5) is 0 Å². The minimum absolute atomic E-state index is 0.390. The van der Waals surface area contributed by atoms with E-state index in [0.717, 1.165) is 11.7 Å². The first-order chi connectivity index (χ1) is 7.09. The quantitative estimate of drug-likeness (QED) is 0.775. The molecule has 2 unspecified atom stereocenters. The Hall–Kier alpha value is -0.570. The normalized spacial score (nSPS) is 26.5. The van der Waals surface area contributed by atoms with Crippen molar-refractivity contribution in [3.63, 3.8) is 0 Å². The van der Waals surface area contributed by atoms with Gasteiger partial charge in [-0.2, -0.15) is 0 Å². The van der Waals surface area contributed by atoms with E-state index >= 15 is 0 Å². The van der Waals surface area contributed by atoms with Gasteiger partial charge in [0.1, 0.15) is 5.82 Å². The van der Waals surface area contributed by atoms with Gasteiger partial charge in [-0.25, -0.2) is 0 Å². The van der Waals surface area contributed by atoms with E-state index in [1.54, 1.807) is 0 Å². The maximum Gasteiger partial charge on any atom is 0.225 e. The van der Waals surface area contributed by atoms with Gasteiger partial charge in [-0.1, -0.05) is 20.8 Å². The van der Waals surface area contributed by atoms with Crippen LogP contribution < -0.4 is 0 Å². The summed E-state index contributed by atoms with van der Waals surface area (Å²) in [5, 5.41) is 8.71. The number of hydrogen-bond donors (Lipinski definition) is 0. The highest BCUT2D eigenvalue weighted by Crippen LogP contribution is 2.37. The fourth-order valence-electron chi connectivity index (χ4n) is 2.43. The molecule has 1 aromatic heterocycles. The summed E-state index contributed by atoms with van der Waals surface area (Å²) in [6.45, 7) is 6.57. The Balaban J connectivity index is 2.30. The maximum atomic E-state index is 6.11. The second kappa shape index (κ2) is 4.12. The van der Waals surface area contributed by atoms with Gasteiger partial charge in [0, 0.05) is 12.0 Å². The number of hydrogen-bond acceptors (Lipinski definition) is 2. The van der Waals surface area contributed by atoms with Crippen LogP contribution in [0.3, 0.4) is 0 Å². The van der Waals surface area contributed by atoms with Crippen molar-refractivity contribution in [2.75, 3.05) is 0 Å². The van der Waals surface area contributed by atoms with Crippen LogP contribution in [-0.2, 0) is 0 Å². The van der Waals surface area contributed by atoms with Crippen molar-refractivity contribution in [3.8, 4) is 0 Å². The third kappa shape index (κ3) is 2.03. The molecule has 0 saturated heterocycles. The summed E-state index contributed by atoms with van der Waals surface area (Å²) in [4.78, 5) is 0. The molecule has 2 atom stereocenters. The Labute approximate surface area is 95.8 Å². The molecule has 4 heteroatoms. The monoisotopic (exact) mass is 227 g/mol. The van der Waals surface area contributed by atoms with Crippen LogP contribution in [0.2, 0.25) is 5.28 Å². The molecule has 1 aromatic rings. The molecule has 0 spiro atoms. The second-order valence-corrected chi connectivity index (χ2v) is 5.26. The molecule has 0 radical (unpaired) electrons. The van der Waals surface area contributed by atoms with Crippen LogP contribution in [0.25, 0.3) is 0 Å². The standard InChI is InChI=1S/C11H18ClN3/c1-7(2)10-13-14-11(12)15(10)9-5-4-8(3)6-9/h7-9H,4-6H2,1-3H3. The first kappa shape index (κ1) is 10.9. The third-order valence-electron chi connectivity index (χ3n) is 3.23. The molecular formula is C11H18ClN3. The molecule has 0 bridgehead atoms. The van der Waals surface area contributed by atoms with Gasteiger partial charge in [-0.05, 0) is 36.8 Å². The lowest BCUT2D eigenvalue weighted by molar-refractivity contribution is 0.468. The van der Waals surface area contributed by atoms with Gasteiger partial charge in [0.25, 0.3) is 0 Å². The predicted octanol–water partition coefficient (Wildman–Crippen LogP) is 3.42. The largest absolute Gasteiger partial charge is 0.298 e. The molecule has 2 rings (SSSR count). The molecule has 0 N–H and O–H groups in total. The topological polar surface area (TPSA) is 30.7 Å². The first-order valence-electron chi connectivity index (χ1n) is 5.70. The highest BCUT2D eigenvalue weighted by molar-refractivity contribution is 6.28. The van der Waals surface area contributed by atoms with Crippen LogP contribution in [-0.4, -0.2) is 14.8 Å². The summed E-state index contributed by atoms with van der Waals surface area (Å²) in [6.07, 6.45) is 3.70. The third-order valence-corrected chi connectivity index (χ3v) is 3.49. The van der Waals surface area contributed by atoms with Gasteiger partial charge >= 0.3 is 0 Å². The van der Waals surface area contributed by atoms with Crippen molar-refractivity contribution in [2.45, 2.75) is 52.0 Å². The molecule has 1 fully saturated rings. The van der Waals surface area contributed by atoms with Crippen LogP contribution in [0.15, 0.2) is 0 Å². The van der Waals surface area contributed by atoms with E-state index in [2.05, 4.69) is 35.5 Å². The van der Waals surface area contributed by atoms with Crippen molar-refractivity contribution in [3.05, 3.63) is 11.1 Å². The van der Waals surface area contributed by atoms with Crippen molar-refractivity contribution in [1.29, 1.82) is 0 Å². The lowest BCUT2D eigenvalue weighted by Gasteiger charge is -2.16. The second-order valence-electron chi connectivity index (χ2n) is 4.92. The van der Waals surface area contributed by atoms with E-state index in [0.29, 0.717) is 17.2 Å². The fraction of sp³-hybridized carbons (Fsp3) is 0.818. The lowest BCUT2D eigenvalue weighted by Crippen LogP contribution is -2.11. The van der Waals surface area contributed by atoms with Crippen molar-refractivity contribution >= 4 is 11.6 Å². The Bertz CT molecular complexity index is 346. The first-order valence-corrected chi connectivity index (χ1v) is 6.07. The maximum absolute atomic E-state index is 6.11. The summed E-state index contributed by atoms with van der Waals surface area (Å²) in [5.74, 6) is 2.22. The lowest BCUT2D eigenvalue weighted by atomic mass is 10.1. The molecule has 1 heterocycles. The minimum Gasteiger partial charge on any atom is -0.298 e. The van der Waals surface area contributed by atoms with Gasteiger partial charge in [-0.3, -0.25) is 4.57 Å². The van der Waals surface area contributed by atoms with Crippen LogP contribution in [0, 0.1) is 5.92 Å². The van der Waals surface area contributed by atoms with E-state index in [1.165, 1.54) is 19.3 Å². The van der Waals surface area contributed by atoms with Crippen molar-refractivity contribution < 1.29 is 0 Å². The molecule has 84 valence electrons. The van der Waals surface area contributed by atoms with Gasteiger partial charge in [0.15, 0.2) is 0 Å². The summed E-state index contributed by atoms with van der Waals surface area (Å²) in [7, 11) is 0. The predicted molar refractivity (Wildman–Crippen MR) is 61.2 cm³/mol. The summed E-state index contributed by atoms with van der Waals surface area (Å²) in [5.41, 5.74) is 0. The van der Waals surface area contributed by atoms with Gasteiger partial charge in [-0.15, -0.1) is 10.2 Å². The Kier molecular flexibility index (Phi) is 3.01. The number of nitrogens with zero attached hydrogens (tertiary/aromatic N) is 3. The molecule has 0 aromatic carbocycles. The number of rotatable bonds is 2. The van der Waals surface area contributed by atoms with Gasteiger partial charge < -0.3 is 0 Å². The average molecular weight is 228 g/mol. The molecule has 0 amide bonds. The van der Waals surface area contributed by atoms with Crippen LogP contribution in [0.5, 0.6) is 0 Å². The summed E-state index contributed by atoms with van der Waals surface area (Å²) < 4.78 is 2.13. The Morgan fingerprint density at radius 1 is 1.33 bits per heavy atom. The van der Waals surface area contributed by atoms with Gasteiger partial charge in [0.05, 0.1) is 0 Å². The molecular weight excluding hydrogens is 210 g/mol. The number of aromatic nitrogens is 3. The van der Waals surface area contributed by atoms with E-state index in [9.17, 15) is 0 Å². The van der Waals surface area contributed by atoms with Crippen molar-refractivity contribution in [1.82, 2.24) is 14.8 Å². The fourth-order valence-corrected chi connectivity index (χ4v) is 2.69. The van der Waals surface area contributed by atoms with Gasteiger partial charge in [0.2, 0.25) is 5.28 Å². The molecule has 15 heavy (non-hydrogen) atoms. The molecule has 1 saturated carbocycles. The summed E-state index contributed by atoms with van der Waals surface area (Å²) in [6, 6.07) is 0.514. The SMILES string of the molecule is CC1CCC(n2c(Cl)nnc2C(C)C)C1.